The molecule has 0 aliphatic heterocycles. The molecule has 0 fully saturated rings. The second kappa shape index (κ2) is 11.0. The molecule has 1 unspecified atom stereocenters. The minimum atomic E-state index is -0.837. The highest BCUT2D eigenvalue weighted by molar-refractivity contribution is 6.28. The van der Waals surface area contributed by atoms with Gasteiger partial charge in [-0.25, -0.2) is 13.8 Å². The molecule has 0 bridgehead atoms. The van der Waals surface area contributed by atoms with Crippen molar-refractivity contribution in [2.24, 2.45) is 5.73 Å². The van der Waals surface area contributed by atoms with Crippen LogP contribution < -0.4 is 11.1 Å². The van der Waals surface area contributed by atoms with Crippen molar-refractivity contribution in [2.75, 3.05) is 0 Å². The first kappa shape index (κ1) is 25.9. The Morgan fingerprint density at radius 2 is 1.82 bits per heavy atom. The van der Waals surface area contributed by atoms with Crippen LogP contribution in [0.15, 0.2) is 79.3 Å². The first-order valence-electron chi connectivity index (χ1n) is 11.8. The Morgan fingerprint density at radius 1 is 1.03 bits per heavy atom. The van der Waals surface area contributed by atoms with Gasteiger partial charge in [-0.2, -0.15) is 4.98 Å². The number of carbonyl (C=O) groups excluding carboxylic acids is 2. The van der Waals surface area contributed by atoms with Gasteiger partial charge < -0.3 is 15.6 Å². The van der Waals surface area contributed by atoms with Gasteiger partial charge in [0.15, 0.2) is 0 Å². The summed E-state index contributed by atoms with van der Waals surface area (Å²) in [5.74, 6) is -2.55. The molecule has 2 aromatic carbocycles. The van der Waals surface area contributed by atoms with E-state index >= 15 is 0 Å². The van der Waals surface area contributed by atoms with Crippen LogP contribution in [0.1, 0.15) is 27.7 Å². The van der Waals surface area contributed by atoms with E-state index in [-0.39, 0.29) is 23.8 Å². The van der Waals surface area contributed by atoms with E-state index in [1.807, 2.05) is 6.07 Å². The van der Waals surface area contributed by atoms with E-state index in [0.29, 0.717) is 33.4 Å². The molecule has 0 aliphatic rings. The second-order valence-corrected chi connectivity index (χ2v) is 9.17. The molecule has 0 aliphatic carbocycles. The van der Waals surface area contributed by atoms with Gasteiger partial charge in [0.1, 0.15) is 23.8 Å². The second-order valence-electron chi connectivity index (χ2n) is 8.83. The molecular formula is C28H21ClF2N6O2. The molecule has 3 N–H and O–H groups in total. The average molecular weight is 547 g/mol. The third-order valence-corrected chi connectivity index (χ3v) is 6.34. The maximum Gasteiger partial charge on any atom is 0.248 e. The predicted octanol–water partition coefficient (Wildman–Crippen LogP) is 4.62. The van der Waals surface area contributed by atoms with Gasteiger partial charge in [-0.3, -0.25) is 14.6 Å². The molecule has 5 aromatic rings. The highest BCUT2D eigenvalue weighted by atomic mass is 35.5. The van der Waals surface area contributed by atoms with E-state index in [1.165, 1.54) is 12.1 Å². The molecule has 3 heterocycles. The Bertz CT molecular complexity index is 1690. The van der Waals surface area contributed by atoms with Gasteiger partial charge in [0, 0.05) is 47.6 Å². The number of nitrogens with two attached hydrogens (primary N) is 1. The number of hydrogen-bond acceptors (Lipinski definition) is 5. The monoisotopic (exact) mass is 546 g/mol. The molecular weight excluding hydrogens is 526 g/mol. The fourth-order valence-electron chi connectivity index (χ4n) is 4.40. The van der Waals surface area contributed by atoms with Gasteiger partial charge in [-0.05, 0) is 59.1 Å². The quantitative estimate of drug-likeness (QED) is 0.275. The minimum Gasteiger partial charge on any atom is -0.366 e. The minimum absolute atomic E-state index is 0.0408. The van der Waals surface area contributed by atoms with Crippen molar-refractivity contribution in [2.45, 2.75) is 19.0 Å². The van der Waals surface area contributed by atoms with Crippen molar-refractivity contribution >= 4 is 34.4 Å². The van der Waals surface area contributed by atoms with Crippen LogP contribution in [0.25, 0.3) is 22.2 Å². The third-order valence-electron chi connectivity index (χ3n) is 6.15. The van der Waals surface area contributed by atoms with Crippen molar-refractivity contribution in [3.63, 3.8) is 0 Å². The molecule has 196 valence electrons. The van der Waals surface area contributed by atoms with Gasteiger partial charge in [0.2, 0.25) is 17.1 Å². The van der Waals surface area contributed by atoms with E-state index in [4.69, 9.17) is 17.3 Å². The van der Waals surface area contributed by atoms with Crippen LogP contribution in [0.2, 0.25) is 5.28 Å². The summed E-state index contributed by atoms with van der Waals surface area (Å²) in [4.78, 5) is 37.5. The fourth-order valence-corrected chi connectivity index (χ4v) is 4.53. The Kier molecular flexibility index (Phi) is 7.29. The molecule has 0 saturated heterocycles. The number of primary amides is 1. The number of aromatic nitrogens is 4. The average Bonchev–Trinajstić information content (AvgIpc) is 3.29. The van der Waals surface area contributed by atoms with E-state index in [9.17, 15) is 18.4 Å². The van der Waals surface area contributed by atoms with Crippen LogP contribution in [-0.4, -0.2) is 31.3 Å². The molecule has 2 amide bonds. The van der Waals surface area contributed by atoms with Gasteiger partial charge in [-0.1, -0.05) is 18.2 Å². The standard InChI is InChI=1S/C28H21ClF2N6O2/c29-28-34-14-18-6-8-37(27(18)36-28)15-25(38)35-23(19-10-20(30)12-21(31)11-19)13-24-22(5-2-7-33-24)16-3-1-4-17(9-16)26(32)39/h1-12,14,23H,13,15H2,(H2,32,39)(H,35,38). The highest BCUT2D eigenvalue weighted by Gasteiger charge is 2.21. The van der Waals surface area contributed by atoms with Crippen LogP contribution in [0.3, 0.4) is 0 Å². The van der Waals surface area contributed by atoms with Gasteiger partial charge >= 0.3 is 0 Å². The summed E-state index contributed by atoms with van der Waals surface area (Å²) in [5, 5.41) is 3.62. The number of fused-ring (bicyclic) bond motifs is 1. The lowest BCUT2D eigenvalue weighted by atomic mass is 9.95. The number of carbonyl (C=O) groups is 2. The number of benzene rings is 2. The molecule has 1 atom stereocenters. The highest BCUT2D eigenvalue weighted by Crippen LogP contribution is 2.28. The summed E-state index contributed by atoms with van der Waals surface area (Å²) < 4.78 is 30.0. The molecule has 39 heavy (non-hydrogen) atoms. The maximum atomic E-state index is 14.2. The van der Waals surface area contributed by atoms with Crippen LogP contribution >= 0.6 is 11.6 Å². The molecule has 3 aromatic heterocycles. The van der Waals surface area contributed by atoms with Crippen molar-refractivity contribution in [3.05, 3.63) is 113 Å². The van der Waals surface area contributed by atoms with E-state index < -0.39 is 29.5 Å². The Morgan fingerprint density at radius 3 is 2.59 bits per heavy atom. The van der Waals surface area contributed by atoms with Crippen molar-refractivity contribution in [1.82, 2.24) is 24.8 Å². The maximum absolute atomic E-state index is 14.2. The number of nitrogens with zero attached hydrogens (tertiary/aromatic N) is 4. The van der Waals surface area contributed by atoms with Gasteiger partial charge in [0.05, 0.1) is 11.7 Å². The van der Waals surface area contributed by atoms with Crippen molar-refractivity contribution in [3.8, 4) is 11.1 Å². The smallest absolute Gasteiger partial charge is 0.248 e. The zero-order valence-electron chi connectivity index (χ0n) is 20.3. The number of nitrogens with one attached hydrogen (secondary N) is 1. The molecule has 0 saturated carbocycles. The number of pyridine rings is 1. The number of hydrogen-bond donors (Lipinski definition) is 2. The summed E-state index contributed by atoms with van der Waals surface area (Å²) >= 11 is 5.92. The Balaban J connectivity index is 1.48. The van der Waals surface area contributed by atoms with Gasteiger partial charge in [-0.15, -0.1) is 0 Å². The first-order chi connectivity index (χ1) is 18.8. The number of amides is 2. The SMILES string of the molecule is NC(=O)c1cccc(-c2cccnc2CC(NC(=O)Cn2ccc3cnc(Cl)nc32)c2cc(F)cc(F)c2)c1. The van der Waals surface area contributed by atoms with Crippen LogP contribution in [0.5, 0.6) is 0 Å². The summed E-state index contributed by atoms with van der Waals surface area (Å²) in [6.07, 6.45) is 4.91. The molecule has 0 radical (unpaired) electrons. The lowest BCUT2D eigenvalue weighted by molar-refractivity contribution is -0.122. The molecule has 5 rings (SSSR count). The normalized spacial score (nSPS) is 11.9. The first-order valence-corrected chi connectivity index (χ1v) is 12.2. The predicted molar refractivity (Wildman–Crippen MR) is 142 cm³/mol. The fraction of sp³-hybridized carbons (Fsp3) is 0.107. The summed E-state index contributed by atoms with van der Waals surface area (Å²) in [6, 6.07) is 14.3. The van der Waals surface area contributed by atoms with Crippen LogP contribution in [0, 0.1) is 11.6 Å². The van der Waals surface area contributed by atoms with E-state index in [2.05, 4.69) is 20.3 Å². The third kappa shape index (κ3) is 5.91. The Labute approximate surface area is 226 Å². The molecule has 11 heteroatoms. The summed E-state index contributed by atoms with van der Waals surface area (Å²) in [7, 11) is 0. The van der Waals surface area contributed by atoms with E-state index in [0.717, 1.165) is 6.07 Å². The van der Waals surface area contributed by atoms with Crippen molar-refractivity contribution in [1.29, 1.82) is 0 Å². The summed E-state index contributed by atoms with van der Waals surface area (Å²) in [6.45, 7) is -0.124. The van der Waals surface area contributed by atoms with Crippen LogP contribution in [0.4, 0.5) is 8.78 Å². The zero-order chi connectivity index (χ0) is 27.5. The van der Waals surface area contributed by atoms with E-state index in [1.54, 1.807) is 59.6 Å². The number of halogens is 3. The lowest BCUT2D eigenvalue weighted by Gasteiger charge is -2.21. The Hall–Kier alpha value is -4.70. The zero-order valence-corrected chi connectivity index (χ0v) is 21.1. The molecule has 8 nitrogen and oxygen atoms in total. The summed E-state index contributed by atoms with van der Waals surface area (Å²) in [5.41, 5.74) is 8.37. The largest absolute Gasteiger partial charge is 0.366 e. The van der Waals surface area contributed by atoms with Crippen LogP contribution in [-0.2, 0) is 17.8 Å². The molecule has 0 spiro atoms. The van der Waals surface area contributed by atoms with Crippen molar-refractivity contribution < 1.29 is 18.4 Å². The lowest BCUT2D eigenvalue weighted by Crippen LogP contribution is -2.33. The number of rotatable bonds is 8. The topological polar surface area (TPSA) is 116 Å². The van der Waals surface area contributed by atoms with Gasteiger partial charge in [0.25, 0.3) is 0 Å².